The van der Waals surface area contributed by atoms with Crippen LogP contribution in [-0.2, 0) is 9.53 Å². The van der Waals surface area contributed by atoms with Crippen molar-refractivity contribution in [3.05, 3.63) is 36.5 Å². The van der Waals surface area contributed by atoms with E-state index in [1.165, 1.54) is 19.2 Å². The molecule has 0 radical (unpaired) electrons. The van der Waals surface area contributed by atoms with Crippen LogP contribution in [0.5, 0.6) is 5.75 Å². The summed E-state index contributed by atoms with van der Waals surface area (Å²) < 4.78 is 4.36. The molecule has 0 saturated heterocycles. The molecule has 0 heterocycles. The van der Waals surface area contributed by atoms with Gasteiger partial charge < -0.3 is 20.5 Å². The van der Waals surface area contributed by atoms with Gasteiger partial charge in [0.05, 0.1) is 12.8 Å². The maximum Gasteiger partial charge on any atom is 0.353 e. The van der Waals surface area contributed by atoms with Crippen molar-refractivity contribution in [3.8, 4) is 5.75 Å². The van der Waals surface area contributed by atoms with Gasteiger partial charge in [-0.1, -0.05) is 18.7 Å². The molecule has 0 aromatic heterocycles. The highest BCUT2D eigenvalue weighted by Crippen LogP contribution is 2.21. The molecule has 0 fully saturated rings. The lowest BCUT2D eigenvalue weighted by Gasteiger charge is -2.09. The van der Waals surface area contributed by atoms with Crippen molar-refractivity contribution < 1.29 is 19.4 Å². The molecule has 1 aromatic carbocycles. The lowest BCUT2D eigenvalue weighted by atomic mass is 10.3. The molecule has 0 atom stereocenters. The van der Waals surface area contributed by atoms with Crippen LogP contribution in [0.3, 0.4) is 0 Å². The lowest BCUT2D eigenvalue weighted by molar-refractivity contribution is -0.136. The first-order chi connectivity index (χ1) is 8.04. The summed E-state index contributed by atoms with van der Waals surface area (Å²) in [4.78, 5) is 22.3. The Morgan fingerprint density at radius 2 is 2.00 bits per heavy atom. The van der Waals surface area contributed by atoms with Crippen molar-refractivity contribution in [1.82, 2.24) is 5.32 Å². The largest absolute Gasteiger partial charge is 0.506 e. The van der Waals surface area contributed by atoms with Gasteiger partial charge in [0, 0.05) is 0 Å². The van der Waals surface area contributed by atoms with Gasteiger partial charge in [0.2, 0.25) is 0 Å². The van der Waals surface area contributed by atoms with Crippen molar-refractivity contribution in [2.24, 2.45) is 0 Å². The minimum absolute atomic E-state index is 0.0775. The molecule has 0 unspecified atom stereocenters. The number of aromatic hydroxyl groups is 1. The predicted octanol–water partition coefficient (Wildman–Crippen LogP) is 1.20. The van der Waals surface area contributed by atoms with Gasteiger partial charge in [0.25, 0.3) is 0 Å². The van der Waals surface area contributed by atoms with Crippen molar-refractivity contribution in [1.29, 1.82) is 0 Å². The Bertz CT molecular complexity index is 457. The summed E-state index contributed by atoms with van der Waals surface area (Å²) in [5.74, 6) is -0.816. The maximum absolute atomic E-state index is 11.4. The Morgan fingerprint density at radius 1 is 1.35 bits per heavy atom. The Balaban J connectivity index is 2.59. The quantitative estimate of drug-likeness (QED) is 0.418. The highest BCUT2D eigenvalue weighted by Gasteiger charge is 2.11. The van der Waals surface area contributed by atoms with Crippen LogP contribution >= 0.6 is 0 Å². The van der Waals surface area contributed by atoms with Crippen molar-refractivity contribution in [2.75, 3.05) is 12.4 Å². The molecule has 1 rings (SSSR count). The molecule has 17 heavy (non-hydrogen) atoms. The van der Waals surface area contributed by atoms with Crippen LogP contribution in [0.1, 0.15) is 0 Å². The molecule has 3 N–H and O–H groups in total. The number of ether oxygens (including phenoxy) is 1. The van der Waals surface area contributed by atoms with Gasteiger partial charge in [-0.15, -0.1) is 0 Å². The van der Waals surface area contributed by atoms with E-state index in [0.29, 0.717) is 0 Å². The van der Waals surface area contributed by atoms with Gasteiger partial charge >= 0.3 is 12.0 Å². The summed E-state index contributed by atoms with van der Waals surface area (Å²) in [6, 6.07) is 5.50. The summed E-state index contributed by atoms with van der Waals surface area (Å²) in [7, 11) is 1.18. The zero-order valence-electron chi connectivity index (χ0n) is 9.19. The number of para-hydroxylation sites is 2. The fourth-order valence-electron chi connectivity index (χ4n) is 1.04. The number of amides is 2. The average molecular weight is 236 g/mol. The Hall–Kier alpha value is -2.50. The molecule has 6 nitrogen and oxygen atoms in total. The number of phenolic OH excluding ortho intramolecular Hbond substituents is 1. The van der Waals surface area contributed by atoms with E-state index in [-0.39, 0.29) is 17.1 Å². The topological polar surface area (TPSA) is 87.7 Å². The van der Waals surface area contributed by atoms with Crippen LogP contribution < -0.4 is 10.6 Å². The van der Waals surface area contributed by atoms with E-state index in [1.807, 2.05) is 0 Å². The average Bonchev–Trinajstić information content (AvgIpc) is 2.31. The molecule has 1 aromatic rings. The molecule has 0 saturated carbocycles. The summed E-state index contributed by atoms with van der Waals surface area (Å²) in [5, 5.41) is 13.9. The number of rotatable bonds is 3. The fraction of sp³-hybridized carbons (Fsp3) is 0.0909. The summed E-state index contributed by atoms with van der Waals surface area (Å²) in [5.41, 5.74) is 0.0306. The molecule has 0 aliphatic carbocycles. The molecule has 0 aliphatic rings. The number of urea groups is 1. The van der Waals surface area contributed by atoms with E-state index in [0.717, 1.165) is 0 Å². The Labute approximate surface area is 97.9 Å². The smallest absolute Gasteiger partial charge is 0.353 e. The number of esters is 1. The number of carbonyl (C=O) groups is 2. The molecular weight excluding hydrogens is 224 g/mol. The van der Waals surface area contributed by atoms with Crippen LogP contribution in [0.2, 0.25) is 0 Å². The Morgan fingerprint density at radius 3 is 2.59 bits per heavy atom. The van der Waals surface area contributed by atoms with Crippen LogP contribution in [0, 0.1) is 0 Å². The molecule has 0 bridgehead atoms. The second-order valence-electron chi connectivity index (χ2n) is 3.07. The van der Waals surface area contributed by atoms with E-state index in [4.69, 9.17) is 0 Å². The number of anilines is 1. The van der Waals surface area contributed by atoms with Gasteiger partial charge in [0.1, 0.15) is 11.4 Å². The molecule has 0 aliphatic heterocycles. The second kappa shape index (κ2) is 5.55. The number of phenols is 1. The molecule has 2 amide bonds. The predicted molar refractivity (Wildman–Crippen MR) is 61.4 cm³/mol. The second-order valence-corrected chi connectivity index (χ2v) is 3.07. The normalized spacial score (nSPS) is 9.24. The number of carbonyl (C=O) groups excluding carboxylic acids is 2. The third kappa shape index (κ3) is 3.53. The first kappa shape index (κ1) is 12.6. The van der Waals surface area contributed by atoms with E-state index >= 15 is 0 Å². The van der Waals surface area contributed by atoms with Gasteiger partial charge in [-0.25, -0.2) is 9.59 Å². The SMILES string of the molecule is C=C(NC(=O)Nc1ccccc1O)C(=O)OC. The van der Waals surface area contributed by atoms with E-state index in [2.05, 4.69) is 21.9 Å². The molecular formula is C11H12N2O4. The van der Waals surface area contributed by atoms with Crippen LogP contribution in [0.25, 0.3) is 0 Å². The standard InChI is InChI=1S/C11H12N2O4/c1-7(10(15)17-2)12-11(16)13-8-5-3-4-6-9(8)14/h3-6,14H,1H2,2H3,(H2,12,13,16). The lowest BCUT2D eigenvalue weighted by Crippen LogP contribution is -2.31. The minimum atomic E-state index is -0.738. The van der Waals surface area contributed by atoms with E-state index in [9.17, 15) is 14.7 Å². The van der Waals surface area contributed by atoms with Crippen LogP contribution in [-0.4, -0.2) is 24.2 Å². The van der Waals surface area contributed by atoms with Crippen molar-refractivity contribution >= 4 is 17.7 Å². The van der Waals surface area contributed by atoms with E-state index in [1.54, 1.807) is 12.1 Å². The van der Waals surface area contributed by atoms with Gasteiger partial charge in [-0.3, -0.25) is 0 Å². The number of hydrogen-bond acceptors (Lipinski definition) is 4. The summed E-state index contributed by atoms with van der Waals surface area (Å²) in [6.45, 7) is 3.32. The molecule has 0 spiro atoms. The third-order valence-corrected chi connectivity index (χ3v) is 1.85. The van der Waals surface area contributed by atoms with Gasteiger partial charge in [-0.2, -0.15) is 0 Å². The first-order valence-corrected chi connectivity index (χ1v) is 4.68. The Kier molecular flexibility index (Phi) is 4.10. The molecule has 6 heteroatoms. The van der Waals surface area contributed by atoms with Crippen molar-refractivity contribution in [2.45, 2.75) is 0 Å². The minimum Gasteiger partial charge on any atom is -0.506 e. The molecule has 90 valence electrons. The third-order valence-electron chi connectivity index (χ3n) is 1.85. The van der Waals surface area contributed by atoms with E-state index < -0.39 is 12.0 Å². The van der Waals surface area contributed by atoms with Crippen molar-refractivity contribution in [3.63, 3.8) is 0 Å². The summed E-state index contributed by atoms with van der Waals surface area (Å²) >= 11 is 0. The fourth-order valence-corrected chi connectivity index (χ4v) is 1.04. The van der Waals surface area contributed by atoms with Crippen LogP contribution in [0.15, 0.2) is 36.5 Å². The number of benzene rings is 1. The van der Waals surface area contributed by atoms with Gasteiger partial charge in [0.15, 0.2) is 0 Å². The number of nitrogens with one attached hydrogen (secondary N) is 2. The highest BCUT2D eigenvalue weighted by molar-refractivity contribution is 5.98. The number of hydrogen-bond donors (Lipinski definition) is 3. The zero-order chi connectivity index (χ0) is 12.8. The first-order valence-electron chi connectivity index (χ1n) is 4.68. The monoisotopic (exact) mass is 236 g/mol. The highest BCUT2D eigenvalue weighted by atomic mass is 16.5. The maximum atomic E-state index is 11.4. The van der Waals surface area contributed by atoms with Gasteiger partial charge in [-0.05, 0) is 12.1 Å². The zero-order valence-corrected chi connectivity index (χ0v) is 9.19. The van der Waals surface area contributed by atoms with Crippen LogP contribution in [0.4, 0.5) is 10.5 Å². The summed E-state index contributed by atoms with van der Waals surface area (Å²) in [6.07, 6.45) is 0. The number of methoxy groups -OCH3 is 1.